The monoisotopic (exact) mass is 300 g/mol. The molecule has 0 saturated carbocycles. The van der Waals surface area contributed by atoms with Gasteiger partial charge >= 0.3 is 5.97 Å². The Bertz CT molecular complexity index is 608. The molecule has 0 aliphatic rings. The Labute approximate surface area is 130 Å². The van der Waals surface area contributed by atoms with E-state index in [0.717, 1.165) is 12.8 Å². The maximum Gasteiger partial charge on any atom is 0.308 e. The molecule has 0 atom stereocenters. The molecule has 0 aliphatic heterocycles. The summed E-state index contributed by atoms with van der Waals surface area (Å²) in [5.74, 6) is 1.93. The Morgan fingerprint density at radius 2 is 1.64 bits per heavy atom. The van der Waals surface area contributed by atoms with Crippen molar-refractivity contribution in [1.82, 2.24) is 0 Å². The second-order valence-corrected chi connectivity index (χ2v) is 4.85. The average molecular weight is 300 g/mol. The van der Waals surface area contributed by atoms with Gasteiger partial charge in [0.15, 0.2) is 0 Å². The van der Waals surface area contributed by atoms with Gasteiger partial charge in [-0.3, -0.25) is 4.79 Å². The van der Waals surface area contributed by atoms with Crippen LogP contribution in [0.2, 0.25) is 0 Å². The quantitative estimate of drug-likeness (QED) is 0.426. The maximum atomic E-state index is 11.2. The van der Waals surface area contributed by atoms with Crippen LogP contribution in [0.1, 0.15) is 26.7 Å². The van der Waals surface area contributed by atoms with Gasteiger partial charge in [-0.05, 0) is 18.6 Å². The summed E-state index contributed by atoms with van der Waals surface area (Å²) < 4.78 is 16.6. The van der Waals surface area contributed by atoms with Crippen LogP contribution in [-0.2, 0) is 4.79 Å². The van der Waals surface area contributed by atoms with Gasteiger partial charge in [-0.25, -0.2) is 0 Å². The molecule has 0 saturated heterocycles. The topological polar surface area (TPSA) is 44.8 Å². The molecule has 0 aliphatic carbocycles. The van der Waals surface area contributed by atoms with E-state index in [1.807, 2.05) is 30.3 Å². The van der Waals surface area contributed by atoms with Crippen molar-refractivity contribution in [2.75, 3.05) is 6.61 Å². The zero-order valence-electron chi connectivity index (χ0n) is 12.9. The van der Waals surface area contributed by atoms with Gasteiger partial charge in [-0.2, -0.15) is 0 Å². The first kappa shape index (κ1) is 15.9. The first-order chi connectivity index (χ1) is 10.7. The van der Waals surface area contributed by atoms with Crippen molar-refractivity contribution in [3.05, 3.63) is 48.5 Å². The highest BCUT2D eigenvalue weighted by molar-refractivity contribution is 5.69. The zero-order chi connectivity index (χ0) is 15.8. The first-order valence-corrected chi connectivity index (χ1v) is 7.36. The number of carbonyl (C=O) groups is 1. The average Bonchev–Trinajstić information content (AvgIpc) is 2.47. The maximum absolute atomic E-state index is 11.2. The van der Waals surface area contributed by atoms with E-state index in [4.69, 9.17) is 14.2 Å². The number of unbranched alkanes of at least 4 members (excludes halogenated alkanes) is 1. The Balaban J connectivity index is 2.19. The normalized spacial score (nSPS) is 10.1. The van der Waals surface area contributed by atoms with E-state index in [1.54, 1.807) is 18.2 Å². The highest BCUT2D eigenvalue weighted by Crippen LogP contribution is 2.31. The van der Waals surface area contributed by atoms with Gasteiger partial charge in [0.25, 0.3) is 0 Å². The van der Waals surface area contributed by atoms with Crippen LogP contribution in [0.15, 0.2) is 48.5 Å². The Morgan fingerprint density at radius 3 is 2.32 bits per heavy atom. The fourth-order valence-corrected chi connectivity index (χ4v) is 1.87. The molecule has 0 heterocycles. The van der Waals surface area contributed by atoms with Crippen molar-refractivity contribution in [3.8, 4) is 23.0 Å². The Kier molecular flexibility index (Phi) is 5.83. The molecule has 4 heteroatoms. The number of rotatable bonds is 7. The zero-order valence-corrected chi connectivity index (χ0v) is 12.9. The van der Waals surface area contributed by atoms with Crippen molar-refractivity contribution in [2.24, 2.45) is 0 Å². The van der Waals surface area contributed by atoms with Gasteiger partial charge in [0.05, 0.1) is 6.61 Å². The van der Waals surface area contributed by atoms with E-state index in [9.17, 15) is 4.79 Å². The largest absolute Gasteiger partial charge is 0.493 e. The summed E-state index contributed by atoms with van der Waals surface area (Å²) in [6.07, 6.45) is 2.02. The molecule has 116 valence electrons. The predicted octanol–water partition coefficient (Wildman–Crippen LogP) is 4.58. The third kappa shape index (κ3) is 5.13. The molecule has 4 nitrogen and oxygen atoms in total. The van der Waals surface area contributed by atoms with Crippen LogP contribution in [0.3, 0.4) is 0 Å². The second-order valence-electron chi connectivity index (χ2n) is 4.85. The van der Waals surface area contributed by atoms with Crippen LogP contribution < -0.4 is 14.2 Å². The molecule has 0 amide bonds. The molecule has 0 spiro atoms. The third-order valence-electron chi connectivity index (χ3n) is 2.86. The van der Waals surface area contributed by atoms with E-state index >= 15 is 0 Å². The molecule has 0 N–H and O–H groups in total. The van der Waals surface area contributed by atoms with Crippen LogP contribution in [0.5, 0.6) is 23.0 Å². The van der Waals surface area contributed by atoms with Gasteiger partial charge < -0.3 is 14.2 Å². The van der Waals surface area contributed by atoms with Gasteiger partial charge in [0, 0.05) is 25.1 Å². The lowest BCUT2D eigenvalue weighted by molar-refractivity contribution is -0.131. The fourth-order valence-electron chi connectivity index (χ4n) is 1.87. The lowest BCUT2D eigenvalue weighted by atomic mass is 10.3. The summed E-state index contributed by atoms with van der Waals surface area (Å²) in [5.41, 5.74) is 0. The molecule has 0 fully saturated rings. The minimum Gasteiger partial charge on any atom is -0.493 e. The lowest BCUT2D eigenvalue weighted by Crippen LogP contribution is -2.03. The molecule has 2 rings (SSSR count). The Hall–Kier alpha value is -2.49. The first-order valence-electron chi connectivity index (χ1n) is 7.36. The summed E-state index contributed by atoms with van der Waals surface area (Å²) in [5, 5.41) is 0. The molecular formula is C18H20O4. The van der Waals surface area contributed by atoms with E-state index in [1.165, 1.54) is 6.92 Å². The second kappa shape index (κ2) is 8.08. The minimum absolute atomic E-state index is 0.378. The van der Waals surface area contributed by atoms with E-state index in [-0.39, 0.29) is 5.97 Å². The van der Waals surface area contributed by atoms with Gasteiger partial charge in [0.2, 0.25) is 0 Å². The van der Waals surface area contributed by atoms with Crippen LogP contribution in [0.4, 0.5) is 0 Å². The number of hydrogen-bond donors (Lipinski definition) is 0. The van der Waals surface area contributed by atoms with Gasteiger partial charge in [-0.15, -0.1) is 0 Å². The number of para-hydroxylation sites is 1. The summed E-state index contributed by atoms with van der Waals surface area (Å²) in [4.78, 5) is 11.2. The van der Waals surface area contributed by atoms with Crippen molar-refractivity contribution in [2.45, 2.75) is 26.7 Å². The number of esters is 1. The third-order valence-corrected chi connectivity index (χ3v) is 2.86. The molecule has 2 aromatic rings. The predicted molar refractivity (Wildman–Crippen MR) is 84.7 cm³/mol. The number of ether oxygens (including phenoxy) is 3. The van der Waals surface area contributed by atoms with E-state index in [2.05, 4.69) is 6.92 Å². The van der Waals surface area contributed by atoms with Crippen LogP contribution in [-0.4, -0.2) is 12.6 Å². The van der Waals surface area contributed by atoms with Crippen LogP contribution in [0.25, 0.3) is 0 Å². The molecule has 22 heavy (non-hydrogen) atoms. The number of benzene rings is 2. The lowest BCUT2D eigenvalue weighted by Gasteiger charge is -2.11. The van der Waals surface area contributed by atoms with Gasteiger partial charge in [0.1, 0.15) is 23.0 Å². The van der Waals surface area contributed by atoms with Crippen molar-refractivity contribution in [3.63, 3.8) is 0 Å². The Morgan fingerprint density at radius 1 is 0.955 bits per heavy atom. The van der Waals surface area contributed by atoms with Gasteiger partial charge in [-0.1, -0.05) is 31.5 Å². The smallest absolute Gasteiger partial charge is 0.308 e. The van der Waals surface area contributed by atoms with E-state index in [0.29, 0.717) is 29.6 Å². The SMILES string of the molecule is CCCCOc1cc(OC(C)=O)cc(Oc2ccccc2)c1. The van der Waals surface area contributed by atoms with Crippen molar-refractivity contribution < 1.29 is 19.0 Å². The summed E-state index contributed by atoms with van der Waals surface area (Å²) >= 11 is 0. The summed E-state index contributed by atoms with van der Waals surface area (Å²) in [6, 6.07) is 14.6. The molecule has 0 bridgehead atoms. The van der Waals surface area contributed by atoms with Crippen molar-refractivity contribution in [1.29, 1.82) is 0 Å². The summed E-state index contributed by atoms with van der Waals surface area (Å²) in [7, 11) is 0. The van der Waals surface area contributed by atoms with Crippen LogP contribution >= 0.6 is 0 Å². The molecule has 0 unspecified atom stereocenters. The number of hydrogen-bond acceptors (Lipinski definition) is 4. The fraction of sp³-hybridized carbons (Fsp3) is 0.278. The van der Waals surface area contributed by atoms with Crippen LogP contribution in [0, 0.1) is 0 Å². The highest BCUT2D eigenvalue weighted by Gasteiger charge is 2.07. The minimum atomic E-state index is -0.378. The molecule has 0 radical (unpaired) electrons. The molecular weight excluding hydrogens is 280 g/mol. The highest BCUT2D eigenvalue weighted by atomic mass is 16.5. The standard InChI is InChI=1S/C18H20O4/c1-3-4-10-20-16-11-17(21-14(2)19)13-18(12-16)22-15-8-6-5-7-9-15/h5-9,11-13H,3-4,10H2,1-2H3. The van der Waals surface area contributed by atoms with E-state index < -0.39 is 0 Å². The molecule has 0 aromatic heterocycles. The molecule has 2 aromatic carbocycles. The number of carbonyl (C=O) groups excluding carboxylic acids is 1. The van der Waals surface area contributed by atoms with Crippen molar-refractivity contribution >= 4 is 5.97 Å². The summed E-state index contributed by atoms with van der Waals surface area (Å²) in [6.45, 7) is 4.08.